The Hall–Kier alpha value is -3.44. The lowest BCUT2D eigenvalue weighted by atomic mass is 10.1. The van der Waals surface area contributed by atoms with Crippen LogP contribution in [0.5, 0.6) is 0 Å². The first-order valence-corrected chi connectivity index (χ1v) is 12.0. The largest absolute Gasteiger partial charge is 0.349 e. The first-order chi connectivity index (χ1) is 16.1. The molecule has 2 atom stereocenters. The highest BCUT2D eigenvalue weighted by atomic mass is 32.2. The maximum atomic E-state index is 13.1. The third kappa shape index (κ3) is 5.88. The quantitative estimate of drug-likeness (QED) is 0.242. The zero-order valence-electron chi connectivity index (χ0n) is 18.8. The van der Waals surface area contributed by atoms with E-state index in [2.05, 4.69) is 5.32 Å². The van der Waals surface area contributed by atoms with Crippen molar-refractivity contribution in [3.05, 3.63) is 103 Å². The van der Waals surface area contributed by atoms with Gasteiger partial charge in [-0.2, -0.15) is 0 Å². The summed E-state index contributed by atoms with van der Waals surface area (Å²) in [5.74, 6) is -0.00571. The second kappa shape index (κ2) is 10.9. The third-order valence-corrected chi connectivity index (χ3v) is 6.64. The minimum atomic E-state index is -0.286. The molecule has 0 aliphatic carbocycles. The van der Waals surface area contributed by atoms with Crippen molar-refractivity contribution in [3.63, 3.8) is 0 Å². The predicted molar refractivity (Wildman–Crippen MR) is 136 cm³/mol. The van der Waals surface area contributed by atoms with Gasteiger partial charge in [0.25, 0.3) is 0 Å². The van der Waals surface area contributed by atoms with E-state index in [4.69, 9.17) is 9.97 Å². The average Bonchev–Trinajstić information content (AvgIpc) is 2.88. The van der Waals surface area contributed by atoms with Gasteiger partial charge in [-0.05, 0) is 25.0 Å². The van der Waals surface area contributed by atoms with Crippen LogP contribution in [-0.4, -0.2) is 21.1 Å². The summed E-state index contributed by atoms with van der Waals surface area (Å²) < 4.78 is 0. The van der Waals surface area contributed by atoms with Gasteiger partial charge < -0.3 is 5.32 Å². The lowest BCUT2D eigenvalue weighted by Crippen LogP contribution is -2.34. The van der Waals surface area contributed by atoms with E-state index in [1.807, 2.05) is 111 Å². The number of carbonyl (C=O) groups excluding carboxylic acids is 1. The van der Waals surface area contributed by atoms with E-state index in [0.29, 0.717) is 11.6 Å². The summed E-state index contributed by atoms with van der Waals surface area (Å²) in [7, 11) is 0. The number of nitrogens with zero attached hydrogens (tertiary/aromatic N) is 2. The number of amides is 1. The summed E-state index contributed by atoms with van der Waals surface area (Å²) in [6.07, 6.45) is 0.678. The Bertz CT molecular complexity index is 1130. The van der Waals surface area contributed by atoms with Gasteiger partial charge in [0.1, 0.15) is 0 Å². The van der Waals surface area contributed by atoms with Crippen molar-refractivity contribution < 1.29 is 4.79 Å². The van der Waals surface area contributed by atoms with Crippen molar-refractivity contribution in [2.24, 2.45) is 0 Å². The topological polar surface area (TPSA) is 54.9 Å². The molecule has 4 aromatic rings. The summed E-state index contributed by atoms with van der Waals surface area (Å²) >= 11 is 1.42. The molecule has 1 aromatic heterocycles. The van der Waals surface area contributed by atoms with Gasteiger partial charge in [0, 0.05) is 11.1 Å². The SMILES string of the molecule is CC[C@@H](Sc1nc(-c2ccccc2)cc(-c2ccccc2)n1)C(=O)N[C@H](C)c1ccccc1. The Balaban J connectivity index is 1.60. The number of hydrogen-bond donors (Lipinski definition) is 1. The van der Waals surface area contributed by atoms with Crippen LogP contribution in [0, 0.1) is 0 Å². The fraction of sp³-hybridized carbons (Fsp3) is 0.179. The molecule has 33 heavy (non-hydrogen) atoms. The zero-order chi connectivity index (χ0) is 23.0. The van der Waals surface area contributed by atoms with Crippen molar-refractivity contribution in [1.29, 1.82) is 0 Å². The van der Waals surface area contributed by atoms with Crippen LogP contribution < -0.4 is 5.32 Å². The van der Waals surface area contributed by atoms with Gasteiger partial charge in [-0.25, -0.2) is 9.97 Å². The summed E-state index contributed by atoms with van der Waals surface area (Å²) in [4.78, 5) is 22.7. The average molecular weight is 454 g/mol. The number of nitrogens with one attached hydrogen (secondary N) is 1. The lowest BCUT2D eigenvalue weighted by Gasteiger charge is -2.19. The molecule has 1 amide bonds. The molecule has 0 bridgehead atoms. The van der Waals surface area contributed by atoms with Crippen molar-refractivity contribution in [1.82, 2.24) is 15.3 Å². The lowest BCUT2D eigenvalue weighted by molar-refractivity contribution is -0.121. The molecule has 1 heterocycles. The van der Waals surface area contributed by atoms with E-state index >= 15 is 0 Å². The Morgan fingerprint density at radius 2 is 1.30 bits per heavy atom. The molecule has 0 aliphatic rings. The number of thioether (sulfide) groups is 1. The van der Waals surface area contributed by atoms with Gasteiger partial charge in [0.2, 0.25) is 5.91 Å². The Labute approximate surface area is 199 Å². The van der Waals surface area contributed by atoms with Crippen LogP contribution >= 0.6 is 11.8 Å². The molecule has 4 nitrogen and oxygen atoms in total. The van der Waals surface area contributed by atoms with Crippen LogP contribution in [0.2, 0.25) is 0 Å². The van der Waals surface area contributed by atoms with Crippen LogP contribution in [-0.2, 0) is 4.79 Å². The summed E-state index contributed by atoms with van der Waals surface area (Å²) in [5, 5.41) is 3.46. The van der Waals surface area contributed by atoms with E-state index < -0.39 is 0 Å². The summed E-state index contributed by atoms with van der Waals surface area (Å²) in [5.41, 5.74) is 4.82. The van der Waals surface area contributed by atoms with Gasteiger partial charge in [-0.1, -0.05) is 110 Å². The summed E-state index contributed by atoms with van der Waals surface area (Å²) in [6, 6.07) is 32.1. The number of benzene rings is 3. The molecule has 4 rings (SSSR count). The maximum absolute atomic E-state index is 13.1. The first kappa shape index (κ1) is 22.7. The second-order valence-electron chi connectivity index (χ2n) is 7.81. The van der Waals surface area contributed by atoms with Gasteiger partial charge in [0.15, 0.2) is 5.16 Å². The molecule has 0 saturated carbocycles. The van der Waals surface area contributed by atoms with E-state index in [1.165, 1.54) is 11.8 Å². The van der Waals surface area contributed by atoms with E-state index in [1.54, 1.807) is 0 Å². The minimum absolute atomic E-state index is 0.00571. The number of carbonyl (C=O) groups is 1. The fourth-order valence-corrected chi connectivity index (χ4v) is 4.47. The van der Waals surface area contributed by atoms with Gasteiger partial charge >= 0.3 is 0 Å². The number of rotatable bonds is 8. The highest BCUT2D eigenvalue weighted by Gasteiger charge is 2.22. The number of hydrogen-bond acceptors (Lipinski definition) is 4. The highest BCUT2D eigenvalue weighted by molar-refractivity contribution is 8.00. The van der Waals surface area contributed by atoms with Gasteiger partial charge in [-0.15, -0.1) is 0 Å². The molecule has 0 saturated heterocycles. The molecule has 0 aliphatic heterocycles. The molecular formula is C28H27N3OS. The Kier molecular flexibility index (Phi) is 7.53. The van der Waals surface area contributed by atoms with E-state index in [-0.39, 0.29) is 17.2 Å². The van der Waals surface area contributed by atoms with E-state index in [9.17, 15) is 4.79 Å². The molecule has 0 unspecified atom stereocenters. The van der Waals surface area contributed by atoms with Crippen LogP contribution in [0.25, 0.3) is 22.5 Å². The molecular weight excluding hydrogens is 426 g/mol. The first-order valence-electron chi connectivity index (χ1n) is 11.2. The number of aromatic nitrogens is 2. The smallest absolute Gasteiger partial charge is 0.234 e. The van der Waals surface area contributed by atoms with Crippen LogP contribution in [0.15, 0.2) is 102 Å². The monoisotopic (exact) mass is 453 g/mol. The van der Waals surface area contributed by atoms with Crippen LogP contribution in [0.4, 0.5) is 0 Å². The van der Waals surface area contributed by atoms with Gasteiger partial charge in [0.05, 0.1) is 22.7 Å². The molecule has 0 radical (unpaired) electrons. The van der Waals surface area contributed by atoms with Crippen molar-refractivity contribution in [3.8, 4) is 22.5 Å². The fourth-order valence-electron chi connectivity index (χ4n) is 3.57. The van der Waals surface area contributed by atoms with Crippen molar-refractivity contribution in [2.75, 3.05) is 0 Å². The van der Waals surface area contributed by atoms with Crippen molar-refractivity contribution >= 4 is 17.7 Å². The van der Waals surface area contributed by atoms with Crippen LogP contribution in [0.3, 0.4) is 0 Å². The molecule has 0 fully saturated rings. The molecule has 0 spiro atoms. The van der Waals surface area contributed by atoms with Gasteiger partial charge in [-0.3, -0.25) is 4.79 Å². The third-order valence-electron chi connectivity index (χ3n) is 5.41. The van der Waals surface area contributed by atoms with Crippen LogP contribution in [0.1, 0.15) is 31.9 Å². The van der Waals surface area contributed by atoms with E-state index in [0.717, 1.165) is 28.1 Å². The Morgan fingerprint density at radius 3 is 1.79 bits per heavy atom. The minimum Gasteiger partial charge on any atom is -0.349 e. The standard InChI is InChI=1S/C28H27N3OS/c1-3-26(27(32)29-20(2)21-13-7-4-8-14-21)33-28-30-24(22-15-9-5-10-16-22)19-25(31-28)23-17-11-6-12-18-23/h4-20,26H,3H2,1-2H3,(H,29,32)/t20-,26-/m1/s1. The molecule has 5 heteroatoms. The Morgan fingerprint density at radius 1 is 0.818 bits per heavy atom. The zero-order valence-corrected chi connectivity index (χ0v) is 19.6. The normalized spacial score (nSPS) is 12.7. The molecule has 3 aromatic carbocycles. The highest BCUT2D eigenvalue weighted by Crippen LogP contribution is 2.30. The van der Waals surface area contributed by atoms with Crippen molar-refractivity contribution in [2.45, 2.75) is 36.7 Å². The second-order valence-corrected chi connectivity index (χ2v) is 8.98. The maximum Gasteiger partial charge on any atom is 0.234 e. The predicted octanol–water partition coefficient (Wildman–Crippen LogP) is 6.56. The molecule has 1 N–H and O–H groups in total. The molecule has 166 valence electrons. The summed E-state index contributed by atoms with van der Waals surface area (Å²) in [6.45, 7) is 4.02.